The van der Waals surface area contributed by atoms with Crippen molar-refractivity contribution in [3.63, 3.8) is 0 Å². The highest BCUT2D eigenvalue weighted by atomic mass is 16.6. The van der Waals surface area contributed by atoms with E-state index in [1.807, 2.05) is 0 Å². The normalized spacial score (nSPS) is 21.2. The largest absolute Gasteiger partial charge is 0.443 e. The maximum Gasteiger partial charge on any atom is 0.415 e. The quantitative estimate of drug-likeness (QED) is 0.420. The van der Waals surface area contributed by atoms with Crippen molar-refractivity contribution in [2.45, 2.75) is 89.5 Å². The summed E-state index contributed by atoms with van der Waals surface area (Å²) in [4.78, 5) is 45.3. The SMILES string of the molecule is CN(C(=O)OC(C)(C)C)c1cc(Nc2cccn(C3CCC[C@@](C)(O)C3)c2=O)nc2c(C(=O)NC3CC3)cnn12. The third-order valence-electron chi connectivity index (χ3n) is 7.18. The summed E-state index contributed by atoms with van der Waals surface area (Å²) in [5.74, 6) is 0.246. The van der Waals surface area contributed by atoms with Gasteiger partial charge in [-0.1, -0.05) is 0 Å². The van der Waals surface area contributed by atoms with Crippen LogP contribution in [0.5, 0.6) is 0 Å². The summed E-state index contributed by atoms with van der Waals surface area (Å²) in [5, 5.41) is 21.0. The van der Waals surface area contributed by atoms with Crippen LogP contribution in [0.2, 0.25) is 0 Å². The summed E-state index contributed by atoms with van der Waals surface area (Å²) in [5.41, 5.74) is -1.04. The van der Waals surface area contributed by atoms with Crippen molar-refractivity contribution in [2.75, 3.05) is 17.3 Å². The molecule has 12 nitrogen and oxygen atoms in total. The van der Waals surface area contributed by atoms with Crippen molar-refractivity contribution in [3.05, 3.63) is 46.5 Å². The fourth-order valence-corrected chi connectivity index (χ4v) is 5.02. The van der Waals surface area contributed by atoms with E-state index < -0.39 is 17.3 Å². The number of carbonyl (C=O) groups is 2. The van der Waals surface area contributed by atoms with Crippen LogP contribution in [0.3, 0.4) is 0 Å². The van der Waals surface area contributed by atoms with Crippen LogP contribution < -0.4 is 21.1 Å². The number of nitrogens with one attached hydrogen (secondary N) is 2. The molecule has 214 valence electrons. The maximum absolute atomic E-state index is 13.5. The molecule has 2 atom stereocenters. The van der Waals surface area contributed by atoms with E-state index >= 15 is 0 Å². The average Bonchev–Trinajstić information content (AvgIpc) is 3.57. The molecule has 0 aromatic carbocycles. The maximum atomic E-state index is 13.5. The summed E-state index contributed by atoms with van der Waals surface area (Å²) >= 11 is 0. The van der Waals surface area contributed by atoms with Gasteiger partial charge in [-0.3, -0.25) is 14.5 Å². The van der Waals surface area contributed by atoms with Crippen molar-refractivity contribution in [3.8, 4) is 0 Å². The molecule has 2 fully saturated rings. The van der Waals surface area contributed by atoms with E-state index in [9.17, 15) is 19.5 Å². The molecule has 3 heterocycles. The second kappa shape index (κ2) is 10.2. The Labute approximate surface area is 232 Å². The van der Waals surface area contributed by atoms with Gasteiger partial charge in [0, 0.05) is 31.4 Å². The van der Waals surface area contributed by atoms with E-state index in [1.165, 1.54) is 15.6 Å². The number of nitrogens with zero attached hydrogens (tertiary/aromatic N) is 5. The van der Waals surface area contributed by atoms with Gasteiger partial charge in [0.25, 0.3) is 11.5 Å². The third-order valence-corrected chi connectivity index (χ3v) is 7.18. The fourth-order valence-electron chi connectivity index (χ4n) is 5.02. The number of aliphatic hydroxyl groups is 1. The van der Waals surface area contributed by atoms with Crippen LogP contribution in [0.4, 0.5) is 22.1 Å². The minimum absolute atomic E-state index is 0.130. The number of rotatable bonds is 6. The monoisotopic (exact) mass is 551 g/mol. The number of anilines is 3. The molecular formula is C28H37N7O5. The summed E-state index contributed by atoms with van der Waals surface area (Å²) in [6.45, 7) is 7.12. The minimum Gasteiger partial charge on any atom is -0.443 e. The van der Waals surface area contributed by atoms with Gasteiger partial charge in [-0.2, -0.15) is 9.61 Å². The van der Waals surface area contributed by atoms with Crippen LogP contribution in [0.15, 0.2) is 35.4 Å². The first-order valence-corrected chi connectivity index (χ1v) is 13.7. The van der Waals surface area contributed by atoms with Gasteiger partial charge in [0.15, 0.2) is 5.65 Å². The second-order valence-corrected chi connectivity index (χ2v) is 12.1. The fraction of sp³-hybridized carbons (Fsp3) is 0.536. The predicted octanol–water partition coefficient (Wildman–Crippen LogP) is 3.76. The van der Waals surface area contributed by atoms with E-state index in [1.54, 1.807) is 63.7 Å². The molecule has 5 rings (SSSR count). The predicted molar refractivity (Wildman–Crippen MR) is 150 cm³/mol. The Bertz CT molecular complexity index is 1500. The number of amides is 2. The highest BCUT2D eigenvalue weighted by molar-refractivity contribution is 6.00. The Morgan fingerprint density at radius 1 is 1.25 bits per heavy atom. The molecule has 12 heteroatoms. The van der Waals surface area contributed by atoms with Gasteiger partial charge in [-0.05, 0) is 78.4 Å². The second-order valence-electron chi connectivity index (χ2n) is 12.1. The zero-order valence-electron chi connectivity index (χ0n) is 23.6. The summed E-state index contributed by atoms with van der Waals surface area (Å²) in [7, 11) is 1.54. The molecule has 0 saturated heterocycles. The number of ether oxygens (including phenoxy) is 1. The van der Waals surface area contributed by atoms with Crippen LogP contribution in [-0.4, -0.2) is 60.6 Å². The van der Waals surface area contributed by atoms with Crippen LogP contribution in [-0.2, 0) is 4.74 Å². The summed E-state index contributed by atoms with van der Waals surface area (Å²) in [6, 6.07) is 5.01. The lowest BCUT2D eigenvalue weighted by Gasteiger charge is -2.34. The van der Waals surface area contributed by atoms with E-state index in [-0.39, 0.29) is 46.3 Å². The van der Waals surface area contributed by atoms with E-state index in [2.05, 4.69) is 20.7 Å². The van der Waals surface area contributed by atoms with E-state index in [0.29, 0.717) is 18.7 Å². The van der Waals surface area contributed by atoms with Crippen LogP contribution in [0.1, 0.15) is 82.6 Å². The van der Waals surface area contributed by atoms with Gasteiger partial charge >= 0.3 is 6.09 Å². The molecule has 0 radical (unpaired) electrons. The van der Waals surface area contributed by atoms with Crippen LogP contribution in [0, 0.1) is 0 Å². The molecule has 3 aromatic rings. The van der Waals surface area contributed by atoms with E-state index in [4.69, 9.17) is 4.74 Å². The molecule has 0 bridgehead atoms. The van der Waals surface area contributed by atoms with Gasteiger partial charge in [-0.15, -0.1) is 0 Å². The first-order chi connectivity index (χ1) is 18.8. The Hall–Kier alpha value is -3.93. The molecule has 40 heavy (non-hydrogen) atoms. The molecule has 3 N–H and O–H groups in total. The number of aromatic nitrogens is 4. The Morgan fingerprint density at radius 2 is 2.00 bits per heavy atom. The molecule has 3 aromatic heterocycles. The highest BCUT2D eigenvalue weighted by Gasteiger charge is 2.32. The van der Waals surface area contributed by atoms with Crippen LogP contribution >= 0.6 is 0 Å². The first kappa shape index (κ1) is 27.6. The van der Waals surface area contributed by atoms with Gasteiger partial charge in [0.05, 0.1) is 11.8 Å². The average molecular weight is 552 g/mol. The number of fused-ring (bicyclic) bond motifs is 1. The zero-order valence-corrected chi connectivity index (χ0v) is 23.6. The van der Waals surface area contributed by atoms with Crippen molar-refractivity contribution in [2.24, 2.45) is 0 Å². The molecule has 2 amide bonds. The van der Waals surface area contributed by atoms with Crippen molar-refractivity contribution in [1.82, 2.24) is 24.5 Å². The molecule has 2 aliphatic carbocycles. The Kier molecular flexibility index (Phi) is 7.07. The van der Waals surface area contributed by atoms with Crippen molar-refractivity contribution < 1.29 is 19.4 Å². The summed E-state index contributed by atoms with van der Waals surface area (Å²) < 4.78 is 8.60. The first-order valence-electron chi connectivity index (χ1n) is 13.7. The smallest absolute Gasteiger partial charge is 0.415 e. The lowest BCUT2D eigenvalue weighted by molar-refractivity contribution is 0.00333. The Morgan fingerprint density at radius 3 is 2.67 bits per heavy atom. The lowest BCUT2D eigenvalue weighted by atomic mass is 9.83. The zero-order chi connectivity index (χ0) is 28.8. The molecule has 2 saturated carbocycles. The number of pyridine rings is 1. The van der Waals surface area contributed by atoms with Gasteiger partial charge in [0.2, 0.25) is 0 Å². The van der Waals surface area contributed by atoms with Gasteiger partial charge < -0.3 is 25.0 Å². The standard InChI is InChI=1S/C28H37N7O5/c1-27(2,3)40-26(38)33(5)22-14-21(32-23-19(16-29-35(22)23)24(36)30-17-10-11-17)31-20-9-7-13-34(25(20)37)18-8-6-12-28(4,39)15-18/h7,9,13-14,16-18,39H,6,8,10-12,15H2,1-5H3,(H,30,36)(H,31,32)/t18?,28-/m1/s1. The third kappa shape index (κ3) is 5.96. The van der Waals surface area contributed by atoms with Crippen molar-refractivity contribution >= 4 is 35.0 Å². The molecule has 1 unspecified atom stereocenters. The van der Waals surface area contributed by atoms with Gasteiger partial charge in [-0.25, -0.2) is 9.78 Å². The molecule has 0 aliphatic heterocycles. The van der Waals surface area contributed by atoms with Gasteiger partial charge in [0.1, 0.15) is 28.5 Å². The van der Waals surface area contributed by atoms with Crippen molar-refractivity contribution in [1.29, 1.82) is 0 Å². The number of hydrogen-bond acceptors (Lipinski definition) is 8. The molecule has 2 aliphatic rings. The summed E-state index contributed by atoms with van der Waals surface area (Å²) in [6.07, 6.45) is 7.20. The molecule has 0 spiro atoms. The van der Waals surface area contributed by atoms with E-state index in [0.717, 1.165) is 25.7 Å². The minimum atomic E-state index is -0.820. The highest BCUT2D eigenvalue weighted by Crippen LogP contribution is 2.34. The lowest BCUT2D eigenvalue weighted by Crippen LogP contribution is -2.36. The Balaban J connectivity index is 1.53. The number of hydrogen-bond donors (Lipinski definition) is 3. The number of carbonyl (C=O) groups excluding carboxylic acids is 2. The molecular weight excluding hydrogens is 514 g/mol. The topological polar surface area (TPSA) is 143 Å². The van der Waals surface area contributed by atoms with Crippen LogP contribution in [0.25, 0.3) is 5.65 Å².